The molecule has 0 atom stereocenters. The fourth-order valence-electron chi connectivity index (χ4n) is 3.96. The molecule has 0 aliphatic heterocycles. The molecule has 8 nitrogen and oxygen atoms in total. The van der Waals surface area contributed by atoms with Crippen LogP contribution in [-0.4, -0.2) is 43.0 Å². The Hall–Kier alpha value is -4.37. The molecular formula is C30H28BrN3O5. The van der Waals surface area contributed by atoms with Crippen molar-refractivity contribution in [3.8, 4) is 28.4 Å². The van der Waals surface area contributed by atoms with Crippen LogP contribution in [0.4, 0.5) is 0 Å². The van der Waals surface area contributed by atoms with E-state index < -0.39 is 5.97 Å². The van der Waals surface area contributed by atoms with Gasteiger partial charge in [0.25, 0.3) is 5.91 Å². The van der Waals surface area contributed by atoms with Crippen LogP contribution < -0.4 is 14.9 Å². The van der Waals surface area contributed by atoms with Crippen LogP contribution in [-0.2, 0) is 9.53 Å². The first-order chi connectivity index (χ1) is 18.9. The lowest BCUT2D eigenvalue weighted by Gasteiger charge is -2.14. The molecule has 0 bridgehead atoms. The molecule has 0 unspecified atom stereocenters. The van der Waals surface area contributed by atoms with Crippen molar-refractivity contribution in [2.75, 3.05) is 20.3 Å². The Labute approximate surface area is 235 Å². The molecule has 4 rings (SSSR count). The summed E-state index contributed by atoms with van der Waals surface area (Å²) >= 11 is 3.44. The minimum Gasteiger partial charge on any atom is -0.490 e. The summed E-state index contributed by atoms with van der Waals surface area (Å²) in [7, 11) is 1.29. The van der Waals surface area contributed by atoms with Crippen LogP contribution in [0.3, 0.4) is 0 Å². The highest BCUT2D eigenvalue weighted by Gasteiger charge is 2.14. The second-order valence-corrected chi connectivity index (χ2v) is 9.29. The van der Waals surface area contributed by atoms with Crippen molar-refractivity contribution in [1.29, 1.82) is 0 Å². The summed E-state index contributed by atoms with van der Waals surface area (Å²) in [6, 6.07) is 25.1. The van der Waals surface area contributed by atoms with E-state index in [-0.39, 0.29) is 12.5 Å². The zero-order valence-electron chi connectivity index (χ0n) is 21.8. The number of aromatic nitrogens is 1. The second-order valence-electron chi connectivity index (χ2n) is 8.44. The molecule has 4 aromatic rings. The van der Waals surface area contributed by atoms with Gasteiger partial charge in [-0.25, -0.2) is 10.2 Å². The third-order valence-corrected chi connectivity index (χ3v) is 6.40. The standard InChI is InChI=1S/C30H28BrN3O5/c1-4-38-27-17-21(16-25(31)29(27)39-19-28(35)37-3)18-32-33-30(36)23-11-13-24(14-12-23)34-20(2)10-15-26(34)22-8-6-5-7-9-22/h5-18H,4,19H2,1-3H3,(H,33,36)/b32-18+. The number of esters is 1. The normalized spacial score (nSPS) is 10.9. The van der Waals surface area contributed by atoms with E-state index in [4.69, 9.17) is 9.47 Å². The van der Waals surface area contributed by atoms with Gasteiger partial charge >= 0.3 is 5.97 Å². The van der Waals surface area contributed by atoms with Gasteiger partial charge in [0.05, 0.1) is 30.1 Å². The average molecular weight is 590 g/mol. The number of nitrogens with one attached hydrogen (secondary N) is 1. The van der Waals surface area contributed by atoms with Crippen LogP contribution in [0.5, 0.6) is 11.5 Å². The molecule has 9 heteroatoms. The summed E-state index contributed by atoms with van der Waals surface area (Å²) < 4.78 is 18.5. The molecule has 0 saturated carbocycles. The van der Waals surface area contributed by atoms with E-state index in [1.807, 2.05) is 37.3 Å². The number of rotatable bonds is 10. The Morgan fingerprint density at radius 1 is 1.00 bits per heavy atom. The number of hydrogen-bond donors (Lipinski definition) is 1. The Balaban J connectivity index is 1.46. The van der Waals surface area contributed by atoms with Crippen LogP contribution in [0.25, 0.3) is 16.9 Å². The number of aryl methyl sites for hydroxylation is 1. The number of hydrazone groups is 1. The summed E-state index contributed by atoms with van der Waals surface area (Å²) in [6.07, 6.45) is 1.50. The maximum atomic E-state index is 12.7. The lowest BCUT2D eigenvalue weighted by molar-refractivity contribution is -0.142. The highest BCUT2D eigenvalue weighted by atomic mass is 79.9. The molecule has 0 aliphatic carbocycles. The van der Waals surface area contributed by atoms with Gasteiger partial charge in [-0.05, 0) is 89.4 Å². The van der Waals surface area contributed by atoms with E-state index in [2.05, 4.69) is 67.0 Å². The largest absolute Gasteiger partial charge is 0.490 e. The van der Waals surface area contributed by atoms with Crippen LogP contribution in [0, 0.1) is 6.92 Å². The van der Waals surface area contributed by atoms with Gasteiger partial charge in [-0.3, -0.25) is 4.79 Å². The molecule has 39 heavy (non-hydrogen) atoms. The van der Waals surface area contributed by atoms with Crippen molar-refractivity contribution in [2.45, 2.75) is 13.8 Å². The Bertz CT molecular complexity index is 1480. The number of hydrogen-bond acceptors (Lipinski definition) is 6. The third-order valence-electron chi connectivity index (χ3n) is 5.81. The zero-order valence-corrected chi connectivity index (χ0v) is 23.4. The Morgan fingerprint density at radius 3 is 2.44 bits per heavy atom. The molecule has 1 amide bonds. The highest BCUT2D eigenvalue weighted by molar-refractivity contribution is 9.10. The average Bonchev–Trinajstić information content (AvgIpc) is 3.34. The molecule has 1 N–H and O–H groups in total. The minimum atomic E-state index is -0.508. The van der Waals surface area contributed by atoms with Crippen molar-refractivity contribution in [3.63, 3.8) is 0 Å². The fraction of sp³-hybridized carbons (Fsp3) is 0.167. The molecule has 200 valence electrons. The predicted molar refractivity (Wildman–Crippen MR) is 154 cm³/mol. The van der Waals surface area contributed by atoms with Crippen LogP contribution in [0.15, 0.2) is 88.4 Å². The molecule has 1 heterocycles. The number of methoxy groups -OCH3 is 1. The van der Waals surface area contributed by atoms with Gasteiger partial charge in [-0.15, -0.1) is 0 Å². The number of carbonyl (C=O) groups excluding carboxylic acids is 2. The maximum Gasteiger partial charge on any atom is 0.343 e. The number of halogens is 1. The predicted octanol–water partition coefficient (Wildman–Crippen LogP) is 5.93. The van der Waals surface area contributed by atoms with E-state index in [1.54, 1.807) is 24.3 Å². The summed E-state index contributed by atoms with van der Waals surface area (Å²) in [5, 5.41) is 4.10. The minimum absolute atomic E-state index is 0.255. The first kappa shape index (κ1) is 27.7. The van der Waals surface area contributed by atoms with E-state index in [9.17, 15) is 9.59 Å². The first-order valence-corrected chi connectivity index (χ1v) is 13.0. The number of ether oxygens (including phenoxy) is 3. The number of benzene rings is 3. The lowest BCUT2D eigenvalue weighted by Crippen LogP contribution is -2.17. The van der Waals surface area contributed by atoms with Crippen molar-refractivity contribution in [3.05, 3.63) is 100 Å². The molecule has 0 spiro atoms. The molecule has 0 fully saturated rings. The van der Waals surface area contributed by atoms with Gasteiger partial charge in [-0.2, -0.15) is 5.10 Å². The molecule has 0 aliphatic rings. The van der Waals surface area contributed by atoms with Crippen molar-refractivity contribution >= 4 is 34.0 Å². The van der Waals surface area contributed by atoms with Crippen LogP contribution in [0.2, 0.25) is 0 Å². The summed E-state index contributed by atoms with van der Waals surface area (Å²) in [4.78, 5) is 24.2. The van der Waals surface area contributed by atoms with Crippen molar-refractivity contribution < 1.29 is 23.8 Å². The summed E-state index contributed by atoms with van der Waals surface area (Å²) in [6.45, 7) is 4.03. The van der Waals surface area contributed by atoms with Crippen molar-refractivity contribution in [2.24, 2.45) is 5.10 Å². The molecule has 1 aromatic heterocycles. The first-order valence-electron chi connectivity index (χ1n) is 12.2. The SMILES string of the molecule is CCOc1cc(/C=N/NC(=O)c2ccc(-n3c(C)ccc3-c3ccccc3)cc2)cc(Br)c1OCC(=O)OC. The highest BCUT2D eigenvalue weighted by Crippen LogP contribution is 2.36. The van der Waals surface area contributed by atoms with Gasteiger partial charge in [0.1, 0.15) is 0 Å². The van der Waals surface area contributed by atoms with Gasteiger partial charge < -0.3 is 18.8 Å². The van der Waals surface area contributed by atoms with Gasteiger partial charge in [0.2, 0.25) is 0 Å². The Morgan fingerprint density at radius 2 is 1.74 bits per heavy atom. The van der Waals surface area contributed by atoms with E-state index in [0.29, 0.717) is 33.7 Å². The van der Waals surface area contributed by atoms with E-state index >= 15 is 0 Å². The van der Waals surface area contributed by atoms with Crippen molar-refractivity contribution in [1.82, 2.24) is 9.99 Å². The van der Waals surface area contributed by atoms with E-state index in [1.165, 1.54) is 13.3 Å². The zero-order chi connectivity index (χ0) is 27.8. The van der Waals surface area contributed by atoms with Crippen LogP contribution >= 0.6 is 15.9 Å². The number of nitrogens with zero attached hydrogens (tertiary/aromatic N) is 2. The topological polar surface area (TPSA) is 91.1 Å². The molecule has 0 saturated heterocycles. The fourth-order valence-corrected chi connectivity index (χ4v) is 4.54. The van der Waals surface area contributed by atoms with Gasteiger partial charge in [0.15, 0.2) is 18.1 Å². The van der Waals surface area contributed by atoms with Gasteiger partial charge in [0, 0.05) is 16.9 Å². The molecule has 3 aromatic carbocycles. The smallest absolute Gasteiger partial charge is 0.343 e. The molecular weight excluding hydrogens is 562 g/mol. The second kappa shape index (κ2) is 12.9. The third kappa shape index (κ3) is 6.74. The monoisotopic (exact) mass is 589 g/mol. The Kier molecular flexibility index (Phi) is 9.17. The number of amides is 1. The maximum absolute atomic E-state index is 12.7. The quantitative estimate of drug-likeness (QED) is 0.141. The van der Waals surface area contributed by atoms with Gasteiger partial charge in [-0.1, -0.05) is 30.3 Å². The van der Waals surface area contributed by atoms with E-state index in [0.717, 1.165) is 22.6 Å². The van der Waals surface area contributed by atoms with Crippen LogP contribution in [0.1, 0.15) is 28.5 Å². The summed E-state index contributed by atoms with van der Waals surface area (Å²) in [5.41, 5.74) is 7.93. The molecule has 0 radical (unpaired) electrons. The lowest BCUT2D eigenvalue weighted by atomic mass is 10.1. The summed E-state index contributed by atoms with van der Waals surface area (Å²) in [5.74, 6) is -0.0514. The number of carbonyl (C=O) groups is 2.